The molecule has 10 heteroatoms. The molecule has 0 atom stereocenters. The molecule has 7 aromatic carbocycles. The van der Waals surface area contributed by atoms with Crippen molar-refractivity contribution >= 4 is 0 Å². The SMILES string of the molecule is Cc1ccc(-c2ccc(C)c(F)c2F)cc1.Cc1ccc(-c2ccc(C)c(F)c2F)cc1.Cc1ccc(C2CCC(C)CC2)c(F)c1F.Cc1ccc(C2CCC(C)CC2)c(F)c1F.Cc1ccc(C2CCC(C3CCC(C)CC3)CC2)c(F)c1F.[HH].[HH].[HH].[HH]. The van der Waals surface area contributed by atoms with Gasteiger partial charge in [0.2, 0.25) is 0 Å². The van der Waals surface area contributed by atoms with Crippen molar-refractivity contribution < 1.29 is 49.6 Å². The lowest BCUT2D eigenvalue weighted by atomic mass is 9.68. The normalized spacial score (nSPS) is 21.9. The van der Waals surface area contributed by atoms with Gasteiger partial charge in [0, 0.05) is 16.8 Å². The van der Waals surface area contributed by atoms with Crippen LogP contribution in [0.15, 0.2) is 109 Å². The highest BCUT2D eigenvalue weighted by Crippen LogP contribution is 2.45. The topological polar surface area (TPSA) is 0 Å². The maximum absolute atomic E-state index is 14.2. The third kappa shape index (κ3) is 17.3. The Bertz CT molecular complexity index is 3160. The van der Waals surface area contributed by atoms with E-state index in [1.807, 2.05) is 38.1 Å². The number of hydrogen-bond donors (Lipinski definition) is 0. The van der Waals surface area contributed by atoms with Crippen molar-refractivity contribution in [2.75, 3.05) is 0 Å². The molecular formula is C76H96F10. The molecule has 4 aliphatic rings. The fraction of sp³-hybridized carbons (Fsp3) is 0.447. The third-order valence-corrected chi connectivity index (χ3v) is 19.0. The van der Waals surface area contributed by atoms with Crippen LogP contribution >= 0.6 is 0 Å². The Labute approximate surface area is 512 Å². The largest absolute Gasteiger partial charge is 0.203 e. The summed E-state index contributed by atoms with van der Waals surface area (Å²) >= 11 is 0. The molecule has 4 fully saturated rings. The van der Waals surface area contributed by atoms with Gasteiger partial charge in [0.25, 0.3) is 0 Å². The molecule has 0 nitrogen and oxygen atoms in total. The average molecular weight is 1200 g/mol. The smallest absolute Gasteiger partial charge is 0.166 e. The molecule has 0 amide bonds. The molecule has 0 spiro atoms. The molecule has 0 heterocycles. The van der Waals surface area contributed by atoms with Gasteiger partial charge < -0.3 is 0 Å². The van der Waals surface area contributed by atoms with E-state index >= 15 is 0 Å². The van der Waals surface area contributed by atoms with Gasteiger partial charge in [-0.25, -0.2) is 43.9 Å². The van der Waals surface area contributed by atoms with E-state index in [1.165, 1.54) is 38.5 Å². The van der Waals surface area contributed by atoms with Crippen molar-refractivity contribution in [3.63, 3.8) is 0 Å². The Hall–Kier alpha value is -6.16. The summed E-state index contributed by atoms with van der Waals surface area (Å²) in [5.74, 6) is -2.21. The Kier molecular flexibility index (Phi) is 24.4. The lowest BCUT2D eigenvalue weighted by Crippen LogP contribution is -2.25. The maximum Gasteiger partial charge on any atom is 0.166 e. The first kappa shape index (κ1) is 67.3. The van der Waals surface area contributed by atoms with Crippen molar-refractivity contribution in [3.8, 4) is 22.3 Å². The zero-order chi connectivity index (χ0) is 62.5. The minimum Gasteiger partial charge on any atom is -0.203 e. The van der Waals surface area contributed by atoms with Crippen LogP contribution in [0, 0.1) is 136 Å². The Morgan fingerprint density at radius 3 is 0.744 bits per heavy atom. The highest BCUT2D eigenvalue weighted by molar-refractivity contribution is 5.66. The van der Waals surface area contributed by atoms with Gasteiger partial charge in [0.05, 0.1) is 0 Å². The second kappa shape index (κ2) is 31.1. The van der Waals surface area contributed by atoms with E-state index in [4.69, 9.17) is 0 Å². The Balaban J connectivity index is 0.000000293. The molecule has 0 N–H and O–H groups in total. The van der Waals surface area contributed by atoms with Crippen molar-refractivity contribution in [3.05, 3.63) is 223 Å². The molecule has 0 unspecified atom stereocenters. The number of aryl methyl sites for hydroxylation is 7. The van der Waals surface area contributed by atoms with Crippen LogP contribution in [0.25, 0.3) is 22.3 Å². The standard InChI is InChI=1S/C20H28F2.2C14H18F2.2C14H12F2.4H2/c1-13-3-6-15(7-4-13)16-8-10-17(11-9-16)18-12-5-14(2)19(21)20(18)22;4*1-9-3-6-11(7-4-9)12-8-5-10(2)13(15)14(12)16;;;;/h5,12-13,15-17H,3-4,6-11H2,1-2H3;2*5,8-9,11H,3-4,6-7H2,1-2H3;2*3-8H,1-2H3;4*1H. The summed E-state index contributed by atoms with van der Waals surface area (Å²) in [6.45, 7) is 18.7. The first-order chi connectivity index (χ1) is 40.9. The van der Waals surface area contributed by atoms with Gasteiger partial charge in [-0.05, 0) is 216 Å². The quantitative estimate of drug-likeness (QED) is 0.146. The molecule has 470 valence electrons. The number of benzene rings is 7. The third-order valence-electron chi connectivity index (χ3n) is 19.0. The van der Waals surface area contributed by atoms with E-state index in [1.54, 1.807) is 120 Å². The molecule has 4 saturated carbocycles. The predicted octanol–water partition coefficient (Wildman–Crippen LogP) is 25.0. The van der Waals surface area contributed by atoms with Crippen LogP contribution in [0.3, 0.4) is 0 Å². The van der Waals surface area contributed by atoms with Crippen LogP contribution in [0.1, 0.15) is 203 Å². The summed E-state index contributed by atoms with van der Waals surface area (Å²) in [7, 11) is 0. The van der Waals surface area contributed by atoms with Crippen LogP contribution in [-0.4, -0.2) is 0 Å². The molecule has 11 rings (SSSR count). The van der Waals surface area contributed by atoms with Crippen molar-refractivity contribution in [2.45, 2.75) is 190 Å². The van der Waals surface area contributed by atoms with E-state index in [2.05, 4.69) is 20.8 Å². The van der Waals surface area contributed by atoms with Crippen LogP contribution < -0.4 is 0 Å². The number of rotatable bonds is 6. The monoisotopic (exact) mass is 1200 g/mol. The molecule has 0 bridgehead atoms. The molecule has 4 aliphatic carbocycles. The first-order valence-electron chi connectivity index (χ1n) is 31.3. The van der Waals surface area contributed by atoms with Gasteiger partial charge in [-0.1, -0.05) is 180 Å². The number of hydrogen-bond acceptors (Lipinski definition) is 0. The lowest BCUT2D eigenvalue weighted by molar-refractivity contribution is 0.164. The first-order valence-corrected chi connectivity index (χ1v) is 31.3. The van der Waals surface area contributed by atoms with Gasteiger partial charge in [-0.3, -0.25) is 0 Å². The summed E-state index contributed by atoms with van der Waals surface area (Å²) in [6.07, 6.45) is 18.4. The fourth-order valence-corrected chi connectivity index (χ4v) is 12.9. The van der Waals surface area contributed by atoms with Crippen LogP contribution in [-0.2, 0) is 0 Å². The van der Waals surface area contributed by atoms with Gasteiger partial charge in [-0.2, -0.15) is 0 Å². The number of halogens is 10. The van der Waals surface area contributed by atoms with Crippen molar-refractivity contribution in [2.24, 2.45) is 29.6 Å². The van der Waals surface area contributed by atoms with E-state index < -0.39 is 58.2 Å². The van der Waals surface area contributed by atoms with E-state index in [-0.39, 0.29) is 23.5 Å². The summed E-state index contributed by atoms with van der Waals surface area (Å²) in [5, 5.41) is 0. The maximum atomic E-state index is 14.2. The van der Waals surface area contributed by atoms with Crippen molar-refractivity contribution in [1.29, 1.82) is 0 Å². The molecule has 0 saturated heterocycles. The summed E-state index contributed by atoms with van der Waals surface area (Å²) < 4.78 is 136. The van der Waals surface area contributed by atoms with Gasteiger partial charge in [0.15, 0.2) is 58.2 Å². The molecule has 0 aromatic heterocycles. The Morgan fingerprint density at radius 1 is 0.244 bits per heavy atom. The van der Waals surface area contributed by atoms with Gasteiger partial charge >= 0.3 is 0 Å². The lowest BCUT2D eigenvalue weighted by Gasteiger charge is -2.37. The average Bonchev–Trinajstić information content (AvgIpc) is 1.09. The van der Waals surface area contributed by atoms with E-state index in [0.29, 0.717) is 66.8 Å². The zero-order valence-corrected chi connectivity index (χ0v) is 52.1. The fourth-order valence-electron chi connectivity index (χ4n) is 12.9. The van der Waals surface area contributed by atoms with E-state index in [0.717, 1.165) is 105 Å². The minimum absolute atomic E-state index is 0. The van der Waals surface area contributed by atoms with Gasteiger partial charge in [-0.15, -0.1) is 0 Å². The summed E-state index contributed by atoms with van der Waals surface area (Å²) in [5.41, 5.74) is 7.82. The molecule has 0 radical (unpaired) electrons. The highest BCUT2D eigenvalue weighted by Gasteiger charge is 2.32. The van der Waals surface area contributed by atoms with Crippen LogP contribution in [0.2, 0.25) is 0 Å². The Morgan fingerprint density at radius 2 is 0.465 bits per heavy atom. The van der Waals surface area contributed by atoms with E-state index in [9.17, 15) is 43.9 Å². The molecule has 0 aliphatic heterocycles. The second-order valence-electron chi connectivity index (χ2n) is 25.7. The minimum atomic E-state index is -0.774. The summed E-state index contributed by atoms with van der Waals surface area (Å²) in [6, 6.07) is 31.5. The van der Waals surface area contributed by atoms with Crippen LogP contribution in [0.5, 0.6) is 0 Å². The highest BCUT2D eigenvalue weighted by atomic mass is 19.2. The van der Waals surface area contributed by atoms with Gasteiger partial charge in [0.1, 0.15) is 0 Å². The molecular weight excluding hydrogens is 1100 g/mol. The van der Waals surface area contributed by atoms with Crippen LogP contribution in [0.4, 0.5) is 43.9 Å². The predicted molar refractivity (Wildman–Crippen MR) is 341 cm³/mol. The summed E-state index contributed by atoms with van der Waals surface area (Å²) in [4.78, 5) is 0. The second-order valence-corrected chi connectivity index (χ2v) is 25.7. The zero-order valence-electron chi connectivity index (χ0n) is 52.1. The molecule has 7 aromatic rings. The van der Waals surface area contributed by atoms with Crippen molar-refractivity contribution in [1.82, 2.24) is 0 Å². The molecule has 86 heavy (non-hydrogen) atoms.